The summed E-state index contributed by atoms with van der Waals surface area (Å²) in [6, 6.07) is 13.1. The number of aryl methyl sites for hydroxylation is 1. The third-order valence-corrected chi connectivity index (χ3v) is 5.59. The molecule has 8 nitrogen and oxygen atoms in total. The molecule has 1 atom stereocenters. The molecule has 0 bridgehead atoms. The van der Waals surface area contributed by atoms with Crippen molar-refractivity contribution >= 4 is 22.6 Å². The van der Waals surface area contributed by atoms with Crippen LogP contribution in [0.15, 0.2) is 65.8 Å². The van der Waals surface area contributed by atoms with Crippen LogP contribution in [0.5, 0.6) is 0 Å². The molecule has 8 heteroatoms. The molecule has 0 spiro atoms. The highest BCUT2D eigenvalue weighted by Gasteiger charge is 2.30. The van der Waals surface area contributed by atoms with Gasteiger partial charge >= 0.3 is 0 Å². The number of fused-ring (bicyclic) bond motifs is 2. The molecule has 3 aromatic heterocycles. The zero-order chi connectivity index (χ0) is 21.2. The van der Waals surface area contributed by atoms with Crippen LogP contribution >= 0.6 is 0 Å². The summed E-state index contributed by atoms with van der Waals surface area (Å²) in [5, 5.41) is 7.06. The van der Waals surface area contributed by atoms with E-state index in [1.54, 1.807) is 23.2 Å². The molecular formula is C23H22N6O2. The van der Waals surface area contributed by atoms with Crippen LogP contribution in [0, 0.1) is 0 Å². The highest BCUT2D eigenvalue weighted by Crippen LogP contribution is 2.24. The summed E-state index contributed by atoms with van der Waals surface area (Å²) in [7, 11) is 0. The van der Waals surface area contributed by atoms with Crippen LogP contribution in [-0.2, 0) is 24.3 Å². The molecule has 1 aromatic carbocycles. The van der Waals surface area contributed by atoms with Gasteiger partial charge in [-0.15, -0.1) is 0 Å². The molecule has 156 valence electrons. The number of hydrogen-bond acceptors (Lipinski definition) is 5. The van der Waals surface area contributed by atoms with Gasteiger partial charge in [-0.2, -0.15) is 0 Å². The van der Waals surface area contributed by atoms with Gasteiger partial charge in [-0.25, -0.2) is 4.98 Å². The van der Waals surface area contributed by atoms with Crippen molar-refractivity contribution in [1.82, 2.24) is 24.8 Å². The first-order valence-electron chi connectivity index (χ1n) is 10.3. The van der Waals surface area contributed by atoms with Crippen LogP contribution in [0.3, 0.4) is 0 Å². The predicted molar refractivity (Wildman–Crippen MR) is 118 cm³/mol. The minimum Gasteiger partial charge on any atom is -0.361 e. The number of hydrogen-bond donors (Lipinski definition) is 3. The number of nitrogens with one attached hydrogen (secondary N) is 3. The Bertz CT molecular complexity index is 1260. The summed E-state index contributed by atoms with van der Waals surface area (Å²) in [6.45, 7) is 0.854. The van der Waals surface area contributed by atoms with E-state index in [9.17, 15) is 9.59 Å². The lowest BCUT2D eigenvalue weighted by molar-refractivity contribution is -0.124. The van der Waals surface area contributed by atoms with E-state index in [1.165, 1.54) is 0 Å². The second-order valence-corrected chi connectivity index (χ2v) is 7.64. The number of carbonyl (C=O) groups excluding carboxylic acids is 1. The molecule has 4 heterocycles. The Balaban J connectivity index is 1.30. The molecule has 0 aliphatic carbocycles. The van der Waals surface area contributed by atoms with Crippen LogP contribution in [0.4, 0.5) is 5.82 Å². The van der Waals surface area contributed by atoms with Crippen molar-refractivity contribution in [3.05, 3.63) is 88.4 Å². The van der Waals surface area contributed by atoms with Gasteiger partial charge in [-0.05, 0) is 30.5 Å². The van der Waals surface area contributed by atoms with Crippen molar-refractivity contribution in [2.24, 2.45) is 0 Å². The van der Waals surface area contributed by atoms with E-state index < -0.39 is 6.04 Å². The Morgan fingerprint density at radius 1 is 1.16 bits per heavy atom. The van der Waals surface area contributed by atoms with Crippen molar-refractivity contribution in [3.63, 3.8) is 0 Å². The van der Waals surface area contributed by atoms with E-state index in [4.69, 9.17) is 0 Å². The fourth-order valence-electron chi connectivity index (χ4n) is 4.02. The van der Waals surface area contributed by atoms with Gasteiger partial charge in [0.05, 0.1) is 6.54 Å². The Morgan fingerprint density at radius 2 is 2.03 bits per heavy atom. The Labute approximate surface area is 178 Å². The predicted octanol–water partition coefficient (Wildman–Crippen LogP) is 2.54. The number of rotatable bonds is 6. The topological polar surface area (TPSA) is 105 Å². The Hall–Kier alpha value is -3.94. The van der Waals surface area contributed by atoms with Crippen LogP contribution in [0.1, 0.15) is 29.4 Å². The summed E-state index contributed by atoms with van der Waals surface area (Å²) in [4.78, 5) is 37.6. The van der Waals surface area contributed by atoms with Gasteiger partial charge in [0.2, 0.25) is 5.91 Å². The first-order valence-corrected chi connectivity index (χ1v) is 10.3. The highest BCUT2D eigenvalue weighted by atomic mass is 16.2. The minimum absolute atomic E-state index is 0.169. The Kier molecular flexibility index (Phi) is 4.95. The zero-order valence-corrected chi connectivity index (χ0v) is 16.8. The van der Waals surface area contributed by atoms with Crippen molar-refractivity contribution in [2.45, 2.75) is 32.0 Å². The molecule has 3 N–H and O–H groups in total. The third kappa shape index (κ3) is 3.79. The molecule has 0 fully saturated rings. The van der Waals surface area contributed by atoms with Crippen LogP contribution in [0.25, 0.3) is 10.9 Å². The molecule has 0 saturated carbocycles. The Morgan fingerprint density at radius 3 is 2.87 bits per heavy atom. The summed E-state index contributed by atoms with van der Waals surface area (Å²) in [5.74, 6) is 0.0910. The monoisotopic (exact) mass is 414 g/mol. The number of benzene rings is 1. The first kappa shape index (κ1) is 19.0. The van der Waals surface area contributed by atoms with Gasteiger partial charge in [-0.3, -0.25) is 19.1 Å². The molecule has 0 radical (unpaired) electrons. The van der Waals surface area contributed by atoms with Gasteiger partial charge in [-0.1, -0.05) is 30.3 Å². The highest BCUT2D eigenvalue weighted by molar-refractivity contribution is 5.82. The zero-order valence-electron chi connectivity index (χ0n) is 16.8. The minimum atomic E-state index is -0.533. The number of aromatic nitrogens is 4. The van der Waals surface area contributed by atoms with E-state index in [0.29, 0.717) is 25.9 Å². The third-order valence-electron chi connectivity index (χ3n) is 5.59. The second-order valence-electron chi connectivity index (χ2n) is 7.64. The molecule has 1 unspecified atom stereocenters. The maximum absolute atomic E-state index is 13.0. The fraction of sp³-hybridized carbons (Fsp3) is 0.217. The lowest BCUT2D eigenvalue weighted by Gasteiger charge is -2.15. The van der Waals surface area contributed by atoms with Gasteiger partial charge in [0.15, 0.2) is 5.82 Å². The molecule has 4 aromatic rings. The van der Waals surface area contributed by atoms with Crippen molar-refractivity contribution < 1.29 is 4.79 Å². The van der Waals surface area contributed by atoms with Crippen molar-refractivity contribution in [1.29, 1.82) is 0 Å². The van der Waals surface area contributed by atoms with Crippen LogP contribution in [-0.4, -0.2) is 25.4 Å². The number of aromatic amines is 1. The first-order chi connectivity index (χ1) is 15.2. The average molecular weight is 414 g/mol. The maximum atomic E-state index is 13.0. The van der Waals surface area contributed by atoms with E-state index in [0.717, 1.165) is 27.9 Å². The summed E-state index contributed by atoms with van der Waals surface area (Å²) in [6.07, 6.45) is 6.42. The molecule has 0 saturated heterocycles. The SMILES string of the molecule is O=C(NCc1cc2cnccc2[nH]1)C1CCc2cnc(NCc3ccccc3)c(=O)n21. The lowest BCUT2D eigenvalue weighted by Crippen LogP contribution is -2.36. The fourth-order valence-corrected chi connectivity index (χ4v) is 4.02. The summed E-state index contributed by atoms with van der Waals surface area (Å²) in [5.41, 5.74) is 3.44. The van der Waals surface area contributed by atoms with Crippen molar-refractivity contribution in [3.8, 4) is 0 Å². The van der Waals surface area contributed by atoms with E-state index >= 15 is 0 Å². The van der Waals surface area contributed by atoms with Crippen LogP contribution < -0.4 is 16.2 Å². The van der Waals surface area contributed by atoms with E-state index in [-0.39, 0.29) is 17.3 Å². The molecule has 1 aliphatic rings. The number of anilines is 1. The number of nitrogens with zero attached hydrogens (tertiary/aromatic N) is 3. The van der Waals surface area contributed by atoms with E-state index in [2.05, 4.69) is 25.6 Å². The van der Waals surface area contributed by atoms with Crippen molar-refractivity contribution in [2.75, 3.05) is 5.32 Å². The lowest BCUT2D eigenvalue weighted by atomic mass is 10.2. The molecule has 31 heavy (non-hydrogen) atoms. The molecule has 1 amide bonds. The number of amides is 1. The summed E-state index contributed by atoms with van der Waals surface area (Å²) >= 11 is 0. The van der Waals surface area contributed by atoms with Gasteiger partial charge in [0, 0.05) is 47.4 Å². The second kappa shape index (κ2) is 8.06. The van der Waals surface area contributed by atoms with Gasteiger partial charge < -0.3 is 15.6 Å². The maximum Gasteiger partial charge on any atom is 0.294 e. The quantitative estimate of drug-likeness (QED) is 0.450. The normalized spacial score (nSPS) is 15.0. The molecule has 5 rings (SSSR count). The molecule has 1 aliphatic heterocycles. The summed E-state index contributed by atoms with van der Waals surface area (Å²) < 4.78 is 1.57. The van der Waals surface area contributed by atoms with Gasteiger partial charge in [0.25, 0.3) is 5.56 Å². The number of H-pyrrole nitrogens is 1. The standard InChI is InChI=1S/C23H22N6O2/c30-22(27-13-17-10-16-12-24-9-8-19(16)28-17)20-7-6-18-14-26-21(23(31)29(18)20)25-11-15-4-2-1-3-5-15/h1-5,8-10,12,14,20,28H,6-7,11,13H2,(H,25,26)(H,27,30). The number of pyridine rings is 1. The van der Waals surface area contributed by atoms with E-state index in [1.807, 2.05) is 42.5 Å². The number of carbonyl (C=O) groups is 1. The molecular weight excluding hydrogens is 392 g/mol. The van der Waals surface area contributed by atoms with Gasteiger partial charge in [0.1, 0.15) is 6.04 Å². The largest absolute Gasteiger partial charge is 0.361 e. The smallest absolute Gasteiger partial charge is 0.294 e. The van der Waals surface area contributed by atoms with Crippen LogP contribution in [0.2, 0.25) is 0 Å². The average Bonchev–Trinajstić information content (AvgIpc) is 3.42.